The third-order valence-electron chi connectivity index (χ3n) is 4.13. The van der Waals surface area contributed by atoms with Crippen LogP contribution in [0, 0.1) is 11.8 Å². The van der Waals surface area contributed by atoms with E-state index < -0.39 is 0 Å². The maximum atomic E-state index is 6.00. The van der Waals surface area contributed by atoms with Gasteiger partial charge in [-0.05, 0) is 38.3 Å². The summed E-state index contributed by atoms with van der Waals surface area (Å²) in [7, 11) is 2.17. The molecule has 0 heterocycles. The van der Waals surface area contributed by atoms with Crippen LogP contribution >= 0.6 is 0 Å². The predicted octanol–water partition coefficient (Wildman–Crippen LogP) is 2.67. The van der Waals surface area contributed by atoms with E-state index in [1.165, 1.54) is 12.0 Å². The zero-order chi connectivity index (χ0) is 13.8. The zero-order valence-electron chi connectivity index (χ0n) is 12.3. The second-order valence-corrected chi connectivity index (χ2v) is 5.63. The molecule has 0 aromatic heterocycles. The molecule has 1 saturated carbocycles. The van der Waals surface area contributed by atoms with Gasteiger partial charge in [-0.25, -0.2) is 0 Å². The van der Waals surface area contributed by atoms with Crippen molar-refractivity contribution in [2.75, 3.05) is 26.7 Å². The molecule has 2 rings (SSSR count). The molecule has 0 bridgehead atoms. The highest BCUT2D eigenvalue weighted by Gasteiger charge is 2.34. The first kappa shape index (κ1) is 14.4. The van der Waals surface area contributed by atoms with Crippen LogP contribution in [0.25, 0.3) is 0 Å². The summed E-state index contributed by atoms with van der Waals surface area (Å²) in [5.41, 5.74) is 7.22. The normalized spacial score (nSPS) is 23.4. The van der Waals surface area contributed by atoms with Gasteiger partial charge in [-0.1, -0.05) is 25.1 Å². The van der Waals surface area contributed by atoms with Crippen molar-refractivity contribution in [1.29, 1.82) is 0 Å². The Morgan fingerprint density at radius 1 is 1.42 bits per heavy atom. The lowest BCUT2D eigenvalue weighted by molar-refractivity contribution is 0.228. The summed E-state index contributed by atoms with van der Waals surface area (Å²) in [5.74, 6) is 2.69. The van der Waals surface area contributed by atoms with Crippen LogP contribution in [-0.4, -0.2) is 31.6 Å². The zero-order valence-corrected chi connectivity index (χ0v) is 12.3. The molecule has 0 aliphatic heterocycles. The molecular formula is C16H26N2O. The van der Waals surface area contributed by atoms with E-state index >= 15 is 0 Å². The molecule has 3 heteroatoms. The number of hydrogen-bond acceptors (Lipinski definition) is 3. The van der Waals surface area contributed by atoms with Crippen LogP contribution in [0.15, 0.2) is 24.3 Å². The van der Waals surface area contributed by atoms with Crippen LogP contribution in [0.5, 0.6) is 5.75 Å². The third-order valence-corrected chi connectivity index (χ3v) is 4.13. The van der Waals surface area contributed by atoms with Gasteiger partial charge in [0.25, 0.3) is 0 Å². The van der Waals surface area contributed by atoms with Crippen LogP contribution in [0.2, 0.25) is 0 Å². The van der Waals surface area contributed by atoms with E-state index in [4.69, 9.17) is 10.5 Å². The molecular weight excluding hydrogens is 236 g/mol. The van der Waals surface area contributed by atoms with E-state index in [0.717, 1.165) is 24.1 Å². The Balaban J connectivity index is 2.11. The minimum atomic E-state index is 0.246. The minimum absolute atomic E-state index is 0.246. The molecule has 0 saturated heterocycles. The summed E-state index contributed by atoms with van der Waals surface area (Å²) in [4.78, 5) is 2.38. The average Bonchev–Trinajstić information content (AvgIpc) is 3.08. The fourth-order valence-electron chi connectivity index (χ4n) is 2.74. The van der Waals surface area contributed by atoms with E-state index in [-0.39, 0.29) is 6.04 Å². The number of rotatable bonds is 7. The molecule has 1 aliphatic carbocycles. The van der Waals surface area contributed by atoms with Gasteiger partial charge in [-0.2, -0.15) is 0 Å². The van der Waals surface area contributed by atoms with Gasteiger partial charge >= 0.3 is 0 Å². The van der Waals surface area contributed by atoms with Crippen LogP contribution in [0.3, 0.4) is 0 Å². The second-order valence-electron chi connectivity index (χ2n) is 5.63. The first-order valence-electron chi connectivity index (χ1n) is 7.29. The van der Waals surface area contributed by atoms with E-state index in [0.29, 0.717) is 13.2 Å². The van der Waals surface area contributed by atoms with Gasteiger partial charge < -0.3 is 10.5 Å². The fourth-order valence-corrected chi connectivity index (χ4v) is 2.74. The fraction of sp³-hybridized carbons (Fsp3) is 0.625. The second kappa shape index (κ2) is 6.40. The summed E-state index contributed by atoms with van der Waals surface area (Å²) >= 11 is 0. The quantitative estimate of drug-likeness (QED) is 0.821. The third kappa shape index (κ3) is 3.48. The molecule has 1 aromatic rings. The topological polar surface area (TPSA) is 38.5 Å². The Bertz CT molecular complexity index is 407. The van der Waals surface area contributed by atoms with E-state index in [9.17, 15) is 0 Å². The standard InChI is InChI=1S/C16H26N2O/c1-4-19-16-8-6-5-7-14(16)15(10-17)18(3)11-13-9-12(13)2/h5-8,12-13,15H,4,9-11,17H2,1-3H3. The van der Waals surface area contributed by atoms with Crippen LogP contribution in [-0.2, 0) is 0 Å². The Morgan fingerprint density at radius 2 is 2.11 bits per heavy atom. The Morgan fingerprint density at radius 3 is 2.68 bits per heavy atom. The van der Waals surface area contributed by atoms with Crippen LogP contribution in [0.1, 0.15) is 31.9 Å². The molecule has 0 amide bonds. The van der Waals surface area contributed by atoms with Crippen molar-refractivity contribution in [1.82, 2.24) is 4.90 Å². The number of likely N-dealkylation sites (N-methyl/N-ethyl adjacent to an activating group) is 1. The summed E-state index contributed by atoms with van der Waals surface area (Å²) in [6.07, 6.45) is 1.36. The van der Waals surface area contributed by atoms with Crippen molar-refractivity contribution >= 4 is 0 Å². The number of nitrogens with two attached hydrogens (primary N) is 1. The lowest BCUT2D eigenvalue weighted by Crippen LogP contribution is -2.32. The lowest BCUT2D eigenvalue weighted by atomic mass is 10.0. The van der Waals surface area contributed by atoms with Gasteiger partial charge in [0, 0.05) is 18.7 Å². The highest BCUT2D eigenvalue weighted by Crippen LogP contribution is 2.39. The number of hydrogen-bond donors (Lipinski definition) is 1. The van der Waals surface area contributed by atoms with Gasteiger partial charge in [0.2, 0.25) is 0 Å². The first-order valence-corrected chi connectivity index (χ1v) is 7.29. The number of nitrogens with zero attached hydrogens (tertiary/aromatic N) is 1. The van der Waals surface area contributed by atoms with Crippen molar-refractivity contribution in [2.45, 2.75) is 26.3 Å². The molecule has 3 atom stereocenters. The van der Waals surface area contributed by atoms with Crippen molar-refractivity contribution < 1.29 is 4.74 Å². The number of para-hydroxylation sites is 1. The smallest absolute Gasteiger partial charge is 0.124 e. The molecule has 1 aromatic carbocycles. The molecule has 3 nitrogen and oxygen atoms in total. The summed E-state index contributed by atoms with van der Waals surface area (Å²) < 4.78 is 5.73. The number of ether oxygens (including phenoxy) is 1. The molecule has 1 fully saturated rings. The van der Waals surface area contributed by atoms with E-state index in [1.54, 1.807) is 0 Å². The van der Waals surface area contributed by atoms with Crippen LogP contribution < -0.4 is 10.5 Å². The molecule has 3 unspecified atom stereocenters. The molecule has 19 heavy (non-hydrogen) atoms. The predicted molar refractivity (Wildman–Crippen MR) is 79.3 cm³/mol. The maximum absolute atomic E-state index is 6.00. The minimum Gasteiger partial charge on any atom is -0.494 e. The van der Waals surface area contributed by atoms with Crippen molar-refractivity contribution in [2.24, 2.45) is 17.6 Å². The van der Waals surface area contributed by atoms with Gasteiger partial charge in [0.05, 0.1) is 12.6 Å². The maximum Gasteiger partial charge on any atom is 0.124 e. The van der Waals surface area contributed by atoms with Crippen LogP contribution in [0.4, 0.5) is 0 Å². The highest BCUT2D eigenvalue weighted by atomic mass is 16.5. The van der Waals surface area contributed by atoms with Crippen molar-refractivity contribution in [3.05, 3.63) is 29.8 Å². The van der Waals surface area contributed by atoms with Gasteiger partial charge in [0.15, 0.2) is 0 Å². The molecule has 0 spiro atoms. The summed E-state index contributed by atoms with van der Waals surface area (Å²) in [5, 5.41) is 0. The lowest BCUT2D eigenvalue weighted by Gasteiger charge is -2.28. The highest BCUT2D eigenvalue weighted by molar-refractivity contribution is 5.36. The molecule has 106 valence electrons. The first-order chi connectivity index (χ1) is 9.17. The van der Waals surface area contributed by atoms with Crippen molar-refractivity contribution in [3.63, 3.8) is 0 Å². The largest absolute Gasteiger partial charge is 0.494 e. The van der Waals surface area contributed by atoms with Gasteiger partial charge in [-0.15, -0.1) is 0 Å². The molecule has 0 radical (unpaired) electrons. The Hall–Kier alpha value is -1.06. The Kier molecular flexibility index (Phi) is 4.83. The molecule has 1 aliphatic rings. The van der Waals surface area contributed by atoms with Crippen molar-refractivity contribution in [3.8, 4) is 5.75 Å². The van der Waals surface area contributed by atoms with E-state index in [1.807, 2.05) is 19.1 Å². The summed E-state index contributed by atoms with van der Waals surface area (Å²) in [6, 6.07) is 8.50. The molecule has 2 N–H and O–H groups in total. The number of benzene rings is 1. The van der Waals surface area contributed by atoms with Gasteiger partial charge in [-0.3, -0.25) is 4.90 Å². The van der Waals surface area contributed by atoms with Gasteiger partial charge in [0.1, 0.15) is 5.75 Å². The van der Waals surface area contributed by atoms with E-state index in [2.05, 4.69) is 31.0 Å². The Labute approximate surface area is 116 Å². The average molecular weight is 262 g/mol. The summed E-state index contributed by atoms with van der Waals surface area (Å²) in [6.45, 7) is 6.79. The monoisotopic (exact) mass is 262 g/mol. The SMILES string of the molecule is CCOc1ccccc1C(CN)N(C)CC1CC1C.